The minimum atomic E-state index is -4.57. The van der Waals surface area contributed by atoms with E-state index in [1.54, 1.807) is 12.1 Å². The predicted octanol–water partition coefficient (Wildman–Crippen LogP) is 4.57. The molecule has 11 nitrogen and oxygen atoms in total. The number of aliphatic hydroxyl groups is 1. The van der Waals surface area contributed by atoms with E-state index in [1.807, 2.05) is 30.9 Å². The topological polar surface area (TPSA) is 128 Å². The number of hydrogen-bond acceptors (Lipinski definition) is 10. The fraction of sp³-hybridized carbons (Fsp3) is 0.407. The van der Waals surface area contributed by atoms with Crippen LogP contribution in [0.3, 0.4) is 0 Å². The van der Waals surface area contributed by atoms with E-state index in [-0.39, 0.29) is 29.1 Å². The molecular weight excluding hydrogens is 541 g/mol. The molecule has 0 spiro atoms. The van der Waals surface area contributed by atoms with Crippen molar-refractivity contribution in [2.75, 3.05) is 62.2 Å². The number of methoxy groups -OCH3 is 1. The molecule has 3 rings (SSSR count). The van der Waals surface area contributed by atoms with Gasteiger partial charge in [0.05, 0.1) is 35.3 Å². The minimum absolute atomic E-state index is 0.0119. The Bertz CT molecular complexity index is 1380. The zero-order valence-corrected chi connectivity index (χ0v) is 24.0. The number of nitrogens with zero attached hydrogens (tertiary/aromatic N) is 5. The lowest BCUT2D eigenvalue weighted by molar-refractivity contribution is -0.137. The van der Waals surface area contributed by atoms with Gasteiger partial charge in [-0.25, -0.2) is 9.97 Å². The van der Waals surface area contributed by atoms with Crippen LogP contribution in [0.1, 0.15) is 31.9 Å². The first-order valence-electron chi connectivity index (χ1n) is 12.6. The zero-order valence-electron chi connectivity index (χ0n) is 24.0. The van der Waals surface area contributed by atoms with Crippen molar-refractivity contribution in [1.29, 1.82) is 0 Å². The highest BCUT2D eigenvalue weighted by Crippen LogP contribution is 2.39. The monoisotopic (exact) mass is 576 g/mol. The second kappa shape index (κ2) is 12.6. The molecule has 1 amide bonds. The van der Waals surface area contributed by atoms with E-state index < -0.39 is 17.3 Å². The fourth-order valence-corrected chi connectivity index (χ4v) is 3.91. The minimum Gasteiger partial charge on any atom is -0.494 e. The third-order valence-electron chi connectivity index (χ3n) is 5.99. The maximum atomic E-state index is 13.3. The SMILES string of the molecule is COc1cc(N(C)CCN(C)C)c(NC(C)=O)cc1Nc1ncnc(Nc2ccc(C(F)(F)F)cc2C(C)(C)O)n1. The van der Waals surface area contributed by atoms with Crippen LogP contribution in [0.15, 0.2) is 36.7 Å². The Morgan fingerprint density at radius 1 is 0.976 bits per heavy atom. The van der Waals surface area contributed by atoms with Crippen LogP contribution in [0.25, 0.3) is 0 Å². The summed E-state index contributed by atoms with van der Waals surface area (Å²) in [4.78, 5) is 28.5. The third-order valence-corrected chi connectivity index (χ3v) is 5.99. The van der Waals surface area contributed by atoms with Gasteiger partial charge in [-0.15, -0.1) is 0 Å². The summed E-state index contributed by atoms with van der Waals surface area (Å²) in [5, 5.41) is 19.3. The Morgan fingerprint density at radius 2 is 1.61 bits per heavy atom. The molecule has 0 saturated heterocycles. The Balaban J connectivity index is 1.95. The van der Waals surface area contributed by atoms with Gasteiger partial charge in [0, 0.05) is 44.4 Å². The van der Waals surface area contributed by atoms with Crippen molar-refractivity contribution in [3.63, 3.8) is 0 Å². The molecule has 4 N–H and O–H groups in total. The molecule has 0 atom stereocenters. The number of amides is 1. The highest BCUT2D eigenvalue weighted by molar-refractivity contribution is 5.95. The van der Waals surface area contributed by atoms with Crippen LogP contribution in [0.4, 0.5) is 47.8 Å². The number of hydrogen-bond donors (Lipinski definition) is 4. The molecule has 1 heterocycles. The molecule has 0 saturated carbocycles. The Hall–Kier alpha value is -4.17. The van der Waals surface area contributed by atoms with Crippen molar-refractivity contribution < 1.29 is 27.8 Å². The van der Waals surface area contributed by atoms with Crippen LogP contribution in [-0.4, -0.2) is 72.2 Å². The van der Waals surface area contributed by atoms with Crippen molar-refractivity contribution in [2.24, 2.45) is 0 Å². The molecule has 0 aliphatic rings. The normalized spacial score (nSPS) is 11.8. The summed E-state index contributed by atoms with van der Waals surface area (Å²) >= 11 is 0. The van der Waals surface area contributed by atoms with Crippen LogP contribution in [0.2, 0.25) is 0 Å². The van der Waals surface area contributed by atoms with Gasteiger partial charge in [-0.3, -0.25) is 4.79 Å². The number of aromatic nitrogens is 3. The number of alkyl halides is 3. The molecule has 0 radical (unpaired) electrons. The Kier molecular flexibility index (Phi) is 9.61. The van der Waals surface area contributed by atoms with Crippen LogP contribution >= 0.6 is 0 Å². The maximum Gasteiger partial charge on any atom is 0.416 e. The van der Waals surface area contributed by atoms with Gasteiger partial charge in [-0.1, -0.05) is 0 Å². The third kappa shape index (κ3) is 8.41. The number of ether oxygens (including phenoxy) is 1. The van der Waals surface area contributed by atoms with E-state index in [0.717, 1.165) is 24.4 Å². The molecule has 1 aromatic heterocycles. The summed E-state index contributed by atoms with van der Waals surface area (Å²) in [7, 11) is 7.35. The summed E-state index contributed by atoms with van der Waals surface area (Å²) in [6.07, 6.45) is -3.36. The molecule has 3 aromatic rings. The van der Waals surface area contributed by atoms with E-state index in [0.29, 0.717) is 23.7 Å². The van der Waals surface area contributed by atoms with E-state index in [1.165, 1.54) is 40.3 Å². The van der Waals surface area contributed by atoms with Crippen molar-refractivity contribution in [3.8, 4) is 5.75 Å². The number of carbonyl (C=O) groups excluding carboxylic acids is 1. The van der Waals surface area contributed by atoms with E-state index in [9.17, 15) is 23.1 Å². The standard InChI is InChI=1S/C27H35F3N8O3/c1-16(39)33-20-13-21(23(41-7)14-22(20)38(6)11-10-37(4)5)35-25-32-15-31-24(36-25)34-19-9-8-17(27(28,29)30)12-18(19)26(2,3)40/h8-9,12-15,40H,10-11H2,1-7H3,(H,33,39)(H2,31,32,34,35,36). The lowest BCUT2D eigenvalue weighted by Crippen LogP contribution is -2.29. The number of rotatable bonds is 11. The Morgan fingerprint density at radius 3 is 2.15 bits per heavy atom. The lowest BCUT2D eigenvalue weighted by Gasteiger charge is -2.26. The van der Waals surface area contributed by atoms with Gasteiger partial charge in [0.15, 0.2) is 0 Å². The zero-order chi connectivity index (χ0) is 30.5. The van der Waals surface area contributed by atoms with Gasteiger partial charge >= 0.3 is 6.18 Å². The van der Waals surface area contributed by atoms with Crippen molar-refractivity contribution in [1.82, 2.24) is 19.9 Å². The first-order valence-corrected chi connectivity index (χ1v) is 12.6. The number of benzene rings is 2. The number of likely N-dealkylation sites (N-methyl/N-ethyl adjacent to an activating group) is 2. The molecule has 0 bridgehead atoms. The van der Waals surface area contributed by atoms with Gasteiger partial charge in [0.2, 0.25) is 17.8 Å². The number of halogens is 3. The molecule has 222 valence electrons. The van der Waals surface area contributed by atoms with Crippen molar-refractivity contribution >= 4 is 40.6 Å². The largest absolute Gasteiger partial charge is 0.494 e. The summed E-state index contributed by atoms with van der Waals surface area (Å²) < 4.78 is 45.5. The molecule has 2 aromatic carbocycles. The maximum absolute atomic E-state index is 13.3. The quantitative estimate of drug-likeness (QED) is 0.258. The average Bonchev–Trinajstić information content (AvgIpc) is 2.86. The highest BCUT2D eigenvalue weighted by atomic mass is 19.4. The van der Waals surface area contributed by atoms with Crippen LogP contribution in [-0.2, 0) is 16.6 Å². The van der Waals surface area contributed by atoms with Gasteiger partial charge in [-0.2, -0.15) is 18.2 Å². The predicted molar refractivity (Wildman–Crippen MR) is 152 cm³/mol. The van der Waals surface area contributed by atoms with Gasteiger partial charge in [-0.05, 0) is 52.2 Å². The van der Waals surface area contributed by atoms with E-state index in [2.05, 4.69) is 30.9 Å². The molecule has 0 unspecified atom stereocenters. The first-order chi connectivity index (χ1) is 19.1. The number of anilines is 6. The number of nitrogens with one attached hydrogen (secondary N) is 3. The van der Waals surface area contributed by atoms with Crippen molar-refractivity contribution in [2.45, 2.75) is 32.5 Å². The summed E-state index contributed by atoms with van der Waals surface area (Å²) in [6.45, 7) is 5.65. The van der Waals surface area contributed by atoms with Crippen molar-refractivity contribution in [3.05, 3.63) is 47.8 Å². The lowest BCUT2D eigenvalue weighted by atomic mass is 9.94. The van der Waals surface area contributed by atoms with Crippen LogP contribution < -0.4 is 25.6 Å². The van der Waals surface area contributed by atoms with Gasteiger partial charge in [0.1, 0.15) is 12.1 Å². The summed E-state index contributed by atoms with van der Waals surface area (Å²) in [6, 6.07) is 6.47. The second-order valence-electron chi connectivity index (χ2n) is 10.2. The highest BCUT2D eigenvalue weighted by Gasteiger charge is 2.33. The van der Waals surface area contributed by atoms with Crippen LogP contribution in [0, 0.1) is 0 Å². The smallest absolute Gasteiger partial charge is 0.416 e. The molecule has 0 aliphatic carbocycles. The number of carbonyl (C=O) groups is 1. The average molecular weight is 577 g/mol. The van der Waals surface area contributed by atoms with Gasteiger partial charge in [0.25, 0.3) is 0 Å². The molecule has 0 aliphatic heterocycles. The first kappa shape index (κ1) is 31.4. The van der Waals surface area contributed by atoms with E-state index >= 15 is 0 Å². The molecule has 41 heavy (non-hydrogen) atoms. The summed E-state index contributed by atoms with van der Waals surface area (Å²) in [5.41, 5.74) is -0.554. The fourth-order valence-electron chi connectivity index (χ4n) is 3.91. The molecular formula is C27H35F3N8O3. The second-order valence-corrected chi connectivity index (χ2v) is 10.2. The summed E-state index contributed by atoms with van der Waals surface area (Å²) in [5.74, 6) is 0.316. The molecule has 14 heteroatoms. The van der Waals surface area contributed by atoms with Crippen LogP contribution in [0.5, 0.6) is 5.75 Å². The van der Waals surface area contributed by atoms with E-state index in [4.69, 9.17) is 4.74 Å². The molecule has 0 fully saturated rings. The Labute approximate surface area is 236 Å². The van der Waals surface area contributed by atoms with Gasteiger partial charge < -0.3 is 35.6 Å².